The van der Waals surface area contributed by atoms with E-state index in [2.05, 4.69) is 17.6 Å². The van der Waals surface area contributed by atoms with Crippen molar-refractivity contribution in [3.05, 3.63) is 18.2 Å². The number of nitrogens with zero attached hydrogens (tertiary/aromatic N) is 2. The Bertz CT molecular complexity index is 383. The molecule has 1 atom stereocenters. The van der Waals surface area contributed by atoms with Gasteiger partial charge in [-0.15, -0.1) is 0 Å². The Labute approximate surface area is 93.9 Å². The maximum Gasteiger partial charge on any atom is 0.228 e. The van der Waals surface area contributed by atoms with Crippen molar-refractivity contribution in [1.82, 2.24) is 4.98 Å². The monoisotopic (exact) mass is 223 g/mol. The lowest BCUT2D eigenvalue weighted by molar-refractivity contribution is -0.117. The van der Waals surface area contributed by atoms with Gasteiger partial charge in [0, 0.05) is 13.0 Å². The minimum atomic E-state index is 0.104. The number of carbonyl (C=O) groups is 1. The number of pyridine rings is 1. The number of rotatable bonds is 2. The van der Waals surface area contributed by atoms with E-state index in [-0.39, 0.29) is 5.91 Å². The Morgan fingerprint density at radius 3 is 3.00 bits per heavy atom. The lowest BCUT2D eigenvalue weighted by Crippen LogP contribution is -2.25. The third kappa shape index (κ3) is 2.07. The van der Waals surface area contributed by atoms with E-state index < -0.39 is 0 Å². The predicted molar refractivity (Wildman–Crippen MR) is 63.0 cm³/mol. The van der Waals surface area contributed by atoms with Crippen molar-refractivity contribution in [1.29, 1.82) is 0 Å². The van der Waals surface area contributed by atoms with Crippen LogP contribution in [0.2, 0.25) is 0 Å². The fraction of sp³-hybridized carbons (Fsp3) is 0.400. The Kier molecular flexibility index (Phi) is 2.81. The highest BCUT2D eigenvalue weighted by Gasteiger charge is 2.30. The van der Waals surface area contributed by atoms with Gasteiger partial charge in [0.05, 0.1) is 0 Å². The van der Waals surface area contributed by atoms with Gasteiger partial charge in [-0.3, -0.25) is 9.69 Å². The van der Waals surface area contributed by atoms with Crippen molar-refractivity contribution in [2.45, 2.75) is 6.42 Å². The van der Waals surface area contributed by atoms with Gasteiger partial charge in [-0.1, -0.05) is 6.07 Å². The van der Waals surface area contributed by atoms with Crippen LogP contribution < -0.4 is 10.6 Å². The molecule has 0 saturated carbocycles. The molecule has 5 heteroatoms. The number of amides is 1. The molecule has 1 saturated heterocycles. The van der Waals surface area contributed by atoms with Gasteiger partial charge in [0.1, 0.15) is 11.6 Å². The van der Waals surface area contributed by atoms with E-state index >= 15 is 0 Å². The van der Waals surface area contributed by atoms with Gasteiger partial charge < -0.3 is 5.73 Å². The van der Waals surface area contributed by atoms with E-state index in [9.17, 15) is 4.79 Å². The third-order valence-corrected chi connectivity index (χ3v) is 3.01. The molecule has 0 bridgehead atoms. The van der Waals surface area contributed by atoms with Crippen LogP contribution in [-0.4, -0.2) is 23.2 Å². The molecule has 1 aliphatic heterocycles. The van der Waals surface area contributed by atoms with Gasteiger partial charge in [-0.25, -0.2) is 4.98 Å². The van der Waals surface area contributed by atoms with E-state index in [1.807, 2.05) is 0 Å². The summed E-state index contributed by atoms with van der Waals surface area (Å²) in [6, 6.07) is 5.31. The van der Waals surface area contributed by atoms with E-state index in [4.69, 9.17) is 5.73 Å². The quantitative estimate of drug-likeness (QED) is 0.734. The minimum Gasteiger partial charge on any atom is -0.384 e. The van der Waals surface area contributed by atoms with Crippen molar-refractivity contribution < 1.29 is 4.79 Å². The van der Waals surface area contributed by atoms with Gasteiger partial charge in [-0.05, 0) is 23.8 Å². The van der Waals surface area contributed by atoms with Crippen molar-refractivity contribution in [3.63, 3.8) is 0 Å². The van der Waals surface area contributed by atoms with Crippen molar-refractivity contribution in [2.24, 2.45) is 5.92 Å². The minimum absolute atomic E-state index is 0.104. The summed E-state index contributed by atoms with van der Waals surface area (Å²) in [6.45, 7) is 0.693. The first-order chi connectivity index (χ1) is 7.20. The molecule has 0 radical (unpaired) electrons. The lowest BCUT2D eigenvalue weighted by atomic mass is 10.1. The topological polar surface area (TPSA) is 59.2 Å². The zero-order valence-corrected chi connectivity index (χ0v) is 9.15. The molecule has 0 aromatic carbocycles. The Morgan fingerprint density at radius 1 is 1.60 bits per heavy atom. The van der Waals surface area contributed by atoms with Gasteiger partial charge in [-0.2, -0.15) is 12.6 Å². The SMILES string of the molecule is Nc1cccc(N2CC(CS)CC2=O)n1. The molecule has 1 aliphatic rings. The van der Waals surface area contributed by atoms with Crippen LogP contribution in [0, 0.1) is 5.92 Å². The molecular weight excluding hydrogens is 210 g/mol. The molecule has 2 N–H and O–H groups in total. The summed E-state index contributed by atoms with van der Waals surface area (Å²) >= 11 is 4.21. The summed E-state index contributed by atoms with van der Waals surface area (Å²) in [6.07, 6.45) is 0.556. The molecule has 0 spiro atoms. The number of carbonyl (C=O) groups excluding carboxylic acids is 1. The predicted octanol–water partition coefficient (Wildman–Crippen LogP) is 0.947. The average Bonchev–Trinajstić information content (AvgIpc) is 2.60. The summed E-state index contributed by atoms with van der Waals surface area (Å²) < 4.78 is 0. The smallest absolute Gasteiger partial charge is 0.228 e. The molecule has 1 amide bonds. The second-order valence-corrected chi connectivity index (χ2v) is 4.04. The van der Waals surface area contributed by atoms with Gasteiger partial charge >= 0.3 is 0 Å². The van der Waals surface area contributed by atoms with Crippen LogP contribution in [0.4, 0.5) is 11.6 Å². The molecule has 2 rings (SSSR count). The van der Waals surface area contributed by atoms with E-state index in [0.717, 1.165) is 5.75 Å². The maximum absolute atomic E-state index is 11.7. The number of thiol groups is 1. The highest BCUT2D eigenvalue weighted by molar-refractivity contribution is 7.80. The average molecular weight is 223 g/mol. The van der Waals surface area contributed by atoms with E-state index in [1.165, 1.54) is 0 Å². The van der Waals surface area contributed by atoms with Crippen molar-refractivity contribution in [3.8, 4) is 0 Å². The summed E-state index contributed by atoms with van der Waals surface area (Å²) in [5.41, 5.74) is 5.57. The summed E-state index contributed by atoms with van der Waals surface area (Å²) in [7, 11) is 0. The molecule has 0 aliphatic carbocycles. The van der Waals surface area contributed by atoms with Gasteiger partial charge in [0.15, 0.2) is 0 Å². The van der Waals surface area contributed by atoms with Crippen molar-refractivity contribution >= 4 is 30.2 Å². The highest BCUT2D eigenvalue weighted by Crippen LogP contribution is 2.24. The van der Waals surface area contributed by atoms with Crippen molar-refractivity contribution in [2.75, 3.05) is 22.9 Å². The molecule has 1 fully saturated rings. The first-order valence-electron chi connectivity index (χ1n) is 4.84. The van der Waals surface area contributed by atoms with Gasteiger partial charge in [0.25, 0.3) is 0 Å². The number of hydrogen-bond donors (Lipinski definition) is 2. The summed E-state index contributed by atoms with van der Waals surface area (Å²) in [4.78, 5) is 17.5. The van der Waals surface area contributed by atoms with Gasteiger partial charge in [0.2, 0.25) is 5.91 Å². The standard InChI is InChI=1S/C10H13N3OS/c11-8-2-1-3-9(12-8)13-5-7(6-15)4-10(13)14/h1-3,7,15H,4-6H2,(H2,11,12). The molecule has 1 aromatic rings. The number of nitrogen functional groups attached to an aromatic ring is 1. The molecule has 80 valence electrons. The number of aromatic nitrogens is 1. The van der Waals surface area contributed by atoms with Crippen LogP contribution in [0.25, 0.3) is 0 Å². The lowest BCUT2D eigenvalue weighted by Gasteiger charge is -2.15. The fourth-order valence-electron chi connectivity index (χ4n) is 1.72. The second-order valence-electron chi connectivity index (χ2n) is 3.68. The van der Waals surface area contributed by atoms with Crippen LogP contribution in [0.15, 0.2) is 18.2 Å². The number of nitrogens with two attached hydrogens (primary N) is 1. The first kappa shape index (κ1) is 10.3. The van der Waals surface area contributed by atoms with E-state index in [0.29, 0.717) is 30.5 Å². The number of anilines is 2. The molecule has 1 unspecified atom stereocenters. The largest absolute Gasteiger partial charge is 0.384 e. The molecular formula is C10H13N3OS. The molecule has 4 nitrogen and oxygen atoms in total. The third-order valence-electron chi connectivity index (χ3n) is 2.50. The first-order valence-corrected chi connectivity index (χ1v) is 5.47. The summed E-state index contributed by atoms with van der Waals surface area (Å²) in [5.74, 6) is 2.24. The molecule has 15 heavy (non-hydrogen) atoms. The zero-order chi connectivity index (χ0) is 10.8. The normalized spacial score (nSPS) is 21.0. The maximum atomic E-state index is 11.7. The van der Waals surface area contributed by atoms with Crippen LogP contribution in [0.1, 0.15) is 6.42 Å². The van der Waals surface area contributed by atoms with E-state index in [1.54, 1.807) is 23.1 Å². The van der Waals surface area contributed by atoms with Crippen LogP contribution in [0.5, 0.6) is 0 Å². The Hall–Kier alpha value is -1.23. The number of hydrogen-bond acceptors (Lipinski definition) is 4. The second kappa shape index (κ2) is 4.10. The molecule has 1 aromatic heterocycles. The molecule has 2 heterocycles. The van der Waals surface area contributed by atoms with Crippen LogP contribution in [0.3, 0.4) is 0 Å². The van der Waals surface area contributed by atoms with Crippen LogP contribution >= 0.6 is 12.6 Å². The highest BCUT2D eigenvalue weighted by atomic mass is 32.1. The zero-order valence-electron chi connectivity index (χ0n) is 8.26. The van der Waals surface area contributed by atoms with Crippen LogP contribution in [-0.2, 0) is 4.79 Å². The summed E-state index contributed by atoms with van der Waals surface area (Å²) in [5, 5.41) is 0. The Balaban J connectivity index is 2.21. The Morgan fingerprint density at radius 2 is 2.40 bits per heavy atom. The fourth-order valence-corrected chi connectivity index (χ4v) is 1.96.